The number of aromatic amines is 2. The molecule has 0 atom stereocenters. The summed E-state index contributed by atoms with van der Waals surface area (Å²) in [5.74, 6) is 0.197. The van der Waals surface area contributed by atoms with Crippen LogP contribution in [0, 0.1) is 0 Å². The van der Waals surface area contributed by atoms with E-state index < -0.39 is 11.2 Å². The van der Waals surface area contributed by atoms with Crippen LogP contribution in [0.1, 0.15) is 25.5 Å². The van der Waals surface area contributed by atoms with Crippen molar-refractivity contribution >= 4 is 5.65 Å². The molecule has 0 amide bonds. The molecule has 14 heavy (non-hydrogen) atoms. The SMILES string of the molecule is CC(C)c1cnc2c(=O)[nH]c(=O)[nH]n12. The molecule has 0 bridgehead atoms. The predicted molar refractivity (Wildman–Crippen MR) is 50.5 cm³/mol. The second-order valence-electron chi connectivity index (χ2n) is 3.39. The molecule has 2 N–H and O–H groups in total. The Bertz CT molecular complexity index is 575. The van der Waals surface area contributed by atoms with Gasteiger partial charge < -0.3 is 0 Å². The Labute approximate surface area is 78.6 Å². The van der Waals surface area contributed by atoms with Crippen LogP contribution in [0.2, 0.25) is 0 Å². The molecule has 74 valence electrons. The monoisotopic (exact) mass is 194 g/mol. The lowest BCUT2D eigenvalue weighted by atomic mass is 10.2. The van der Waals surface area contributed by atoms with Crippen molar-refractivity contribution in [2.75, 3.05) is 0 Å². The smallest absolute Gasteiger partial charge is 0.270 e. The molecule has 0 spiro atoms. The predicted octanol–water partition coefficient (Wildman–Crippen LogP) is -0.166. The third kappa shape index (κ3) is 1.15. The summed E-state index contributed by atoms with van der Waals surface area (Å²) < 4.78 is 1.42. The van der Waals surface area contributed by atoms with E-state index >= 15 is 0 Å². The molecule has 0 radical (unpaired) electrons. The van der Waals surface area contributed by atoms with Gasteiger partial charge in [0.15, 0.2) is 0 Å². The number of imidazole rings is 1. The second kappa shape index (κ2) is 2.83. The Hall–Kier alpha value is -1.85. The summed E-state index contributed by atoms with van der Waals surface area (Å²) in [5, 5.41) is 2.50. The van der Waals surface area contributed by atoms with Crippen LogP contribution in [0.5, 0.6) is 0 Å². The van der Waals surface area contributed by atoms with Gasteiger partial charge in [0.1, 0.15) is 0 Å². The van der Waals surface area contributed by atoms with Crippen molar-refractivity contribution in [3.05, 3.63) is 32.7 Å². The minimum Gasteiger partial charge on any atom is -0.270 e. The molecule has 2 aromatic heterocycles. The van der Waals surface area contributed by atoms with Gasteiger partial charge in [0.25, 0.3) is 5.56 Å². The number of hydrogen-bond acceptors (Lipinski definition) is 3. The molecule has 0 aromatic carbocycles. The van der Waals surface area contributed by atoms with Crippen LogP contribution < -0.4 is 11.2 Å². The van der Waals surface area contributed by atoms with E-state index in [1.165, 1.54) is 4.52 Å². The van der Waals surface area contributed by atoms with Crippen molar-refractivity contribution in [1.29, 1.82) is 0 Å². The number of rotatable bonds is 1. The summed E-state index contributed by atoms with van der Waals surface area (Å²) in [6.07, 6.45) is 1.59. The van der Waals surface area contributed by atoms with Gasteiger partial charge in [-0.15, -0.1) is 0 Å². The Balaban J connectivity index is 2.92. The summed E-state index contributed by atoms with van der Waals surface area (Å²) in [4.78, 5) is 28.3. The Morgan fingerprint density at radius 3 is 2.79 bits per heavy atom. The number of nitrogens with zero attached hydrogens (tertiary/aromatic N) is 2. The zero-order chi connectivity index (χ0) is 10.3. The fourth-order valence-electron chi connectivity index (χ4n) is 1.34. The lowest BCUT2D eigenvalue weighted by Crippen LogP contribution is -2.26. The molecule has 0 unspecified atom stereocenters. The third-order valence-electron chi connectivity index (χ3n) is 2.02. The lowest BCUT2D eigenvalue weighted by Gasteiger charge is -2.02. The molecule has 0 saturated heterocycles. The highest BCUT2D eigenvalue weighted by Gasteiger charge is 2.09. The van der Waals surface area contributed by atoms with Crippen LogP contribution >= 0.6 is 0 Å². The summed E-state index contributed by atoms with van der Waals surface area (Å²) in [7, 11) is 0. The molecular weight excluding hydrogens is 184 g/mol. The van der Waals surface area contributed by atoms with E-state index in [1.54, 1.807) is 6.20 Å². The standard InChI is InChI=1S/C8H10N4O2/c1-4(2)5-3-9-6-7(13)10-8(14)11-12(5)6/h3-4H,1-2H3,(H2,10,11,13,14). The quantitative estimate of drug-likeness (QED) is 0.661. The first-order valence-corrected chi connectivity index (χ1v) is 4.29. The fraction of sp³-hybridized carbons (Fsp3) is 0.375. The maximum atomic E-state index is 11.3. The number of nitrogens with one attached hydrogen (secondary N) is 2. The molecule has 0 aliphatic heterocycles. The first kappa shape index (κ1) is 8.74. The maximum absolute atomic E-state index is 11.3. The van der Waals surface area contributed by atoms with Gasteiger partial charge in [0.05, 0.1) is 11.9 Å². The molecule has 0 fully saturated rings. The largest absolute Gasteiger partial charge is 0.340 e. The number of hydrogen-bond donors (Lipinski definition) is 2. The Kier molecular flexibility index (Phi) is 1.77. The van der Waals surface area contributed by atoms with Crippen molar-refractivity contribution in [1.82, 2.24) is 19.6 Å². The van der Waals surface area contributed by atoms with E-state index in [-0.39, 0.29) is 11.6 Å². The molecule has 2 aromatic rings. The van der Waals surface area contributed by atoms with Gasteiger partial charge >= 0.3 is 5.69 Å². The van der Waals surface area contributed by atoms with Crippen molar-refractivity contribution in [3.63, 3.8) is 0 Å². The molecule has 6 heteroatoms. The molecule has 0 saturated carbocycles. The van der Waals surface area contributed by atoms with Gasteiger partial charge in [-0.25, -0.2) is 19.4 Å². The van der Waals surface area contributed by atoms with Gasteiger partial charge in [-0.3, -0.25) is 9.78 Å². The van der Waals surface area contributed by atoms with Crippen molar-refractivity contribution in [2.45, 2.75) is 19.8 Å². The van der Waals surface area contributed by atoms with Gasteiger partial charge in [0.2, 0.25) is 5.65 Å². The fourth-order valence-corrected chi connectivity index (χ4v) is 1.34. The Morgan fingerprint density at radius 1 is 1.43 bits per heavy atom. The van der Waals surface area contributed by atoms with Gasteiger partial charge in [-0.1, -0.05) is 13.8 Å². The van der Waals surface area contributed by atoms with Crippen LogP contribution in [0.15, 0.2) is 15.8 Å². The van der Waals surface area contributed by atoms with E-state index in [2.05, 4.69) is 15.1 Å². The highest BCUT2D eigenvalue weighted by atomic mass is 16.2. The maximum Gasteiger partial charge on any atom is 0.340 e. The normalized spacial score (nSPS) is 11.4. The van der Waals surface area contributed by atoms with E-state index in [0.717, 1.165) is 5.69 Å². The molecule has 2 heterocycles. The highest BCUT2D eigenvalue weighted by Crippen LogP contribution is 2.11. The van der Waals surface area contributed by atoms with E-state index in [0.29, 0.717) is 0 Å². The first-order chi connectivity index (χ1) is 6.59. The van der Waals surface area contributed by atoms with Crippen molar-refractivity contribution in [2.24, 2.45) is 0 Å². The van der Waals surface area contributed by atoms with Crippen molar-refractivity contribution < 1.29 is 0 Å². The minimum absolute atomic E-state index is 0.197. The van der Waals surface area contributed by atoms with Crippen LogP contribution in [0.4, 0.5) is 0 Å². The Morgan fingerprint density at radius 2 is 2.14 bits per heavy atom. The number of aromatic nitrogens is 4. The average molecular weight is 194 g/mol. The number of fused-ring (bicyclic) bond motifs is 1. The zero-order valence-electron chi connectivity index (χ0n) is 7.87. The minimum atomic E-state index is -0.526. The van der Waals surface area contributed by atoms with Crippen LogP contribution in [-0.4, -0.2) is 19.6 Å². The van der Waals surface area contributed by atoms with Gasteiger partial charge in [-0.05, 0) is 5.92 Å². The second-order valence-corrected chi connectivity index (χ2v) is 3.39. The van der Waals surface area contributed by atoms with Crippen LogP contribution in [-0.2, 0) is 0 Å². The van der Waals surface area contributed by atoms with Gasteiger partial charge in [0, 0.05) is 0 Å². The summed E-state index contributed by atoms with van der Waals surface area (Å²) >= 11 is 0. The molecule has 6 nitrogen and oxygen atoms in total. The van der Waals surface area contributed by atoms with E-state index in [4.69, 9.17) is 0 Å². The molecular formula is C8H10N4O2. The highest BCUT2D eigenvalue weighted by molar-refractivity contribution is 5.35. The summed E-state index contributed by atoms with van der Waals surface area (Å²) in [6, 6.07) is 0. The zero-order valence-corrected chi connectivity index (χ0v) is 7.87. The van der Waals surface area contributed by atoms with E-state index in [9.17, 15) is 9.59 Å². The average Bonchev–Trinajstić information content (AvgIpc) is 2.47. The molecule has 2 rings (SSSR count). The third-order valence-corrected chi connectivity index (χ3v) is 2.02. The van der Waals surface area contributed by atoms with Crippen LogP contribution in [0.25, 0.3) is 5.65 Å². The van der Waals surface area contributed by atoms with E-state index in [1.807, 2.05) is 13.8 Å². The number of H-pyrrole nitrogens is 2. The first-order valence-electron chi connectivity index (χ1n) is 4.29. The molecule has 0 aliphatic carbocycles. The lowest BCUT2D eigenvalue weighted by molar-refractivity contribution is 0.733. The van der Waals surface area contributed by atoms with Crippen LogP contribution in [0.3, 0.4) is 0 Å². The summed E-state index contributed by atoms with van der Waals surface area (Å²) in [6.45, 7) is 3.92. The molecule has 0 aliphatic rings. The summed E-state index contributed by atoms with van der Waals surface area (Å²) in [5.41, 5.74) is 0.0274. The topological polar surface area (TPSA) is 83.0 Å². The van der Waals surface area contributed by atoms with Gasteiger partial charge in [-0.2, -0.15) is 0 Å². The van der Waals surface area contributed by atoms with Crippen molar-refractivity contribution in [3.8, 4) is 0 Å².